The molecule has 0 spiro atoms. The molecule has 1 aliphatic heterocycles. The van der Waals surface area contributed by atoms with Crippen molar-refractivity contribution in [3.05, 3.63) is 29.3 Å². The second kappa shape index (κ2) is 6.37. The predicted molar refractivity (Wildman–Crippen MR) is 73.1 cm³/mol. The number of nitrogens with zero attached hydrogens (tertiary/aromatic N) is 1. The van der Waals surface area contributed by atoms with E-state index in [1.165, 1.54) is 11.1 Å². The summed E-state index contributed by atoms with van der Waals surface area (Å²) in [6.45, 7) is 4.31. The SMILES string of the molecule is CCCCN=C(NN)Nc1ccc2c(c1)COC2. The Morgan fingerprint density at radius 3 is 3.00 bits per heavy atom. The number of ether oxygens (including phenoxy) is 1. The Kier molecular flexibility index (Phi) is 4.55. The second-order valence-electron chi connectivity index (χ2n) is 4.33. The smallest absolute Gasteiger partial charge is 0.210 e. The van der Waals surface area contributed by atoms with Gasteiger partial charge in [-0.1, -0.05) is 19.4 Å². The molecule has 0 aromatic heterocycles. The number of fused-ring (bicyclic) bond motifs is 1. The van der Waals surface area contributed by atoms with Crippen LogP contribution in [0.3, 0.4) is 0 Å². The van der Waals surface area contributed by atoms with Gasteiger partial charge < -0.3 is 10.1 Å². The monoisotopic (exact) mass is 248 g/mol. The first kappa shape index (κ1) is 12.9. The number of guanidine groups is 1. The molecule has 5 heteroatoms. The highest BCUT2D eigenvalue weighted by Crippen LogP contribution is 2.23. The van der Waals surface area contributed by atoms with E-state index >= 15 is 0 Å². The molecule has 0 saturated heterocycles. The van der Waals surface area contributed by atoms with Gasteiger partial charge in [-0.25, -0.2) is 5.84 Å². The number of benzene rings is 1. The Hall–Kier alpha value is -1.59. The van der Waals surface area contributed by atoms with Crippen molar-refractivity contribution in [2.45, 2.75) is 33.0 Å². The molecule has 0 radical (unpaired) electrons. The van der Waals surface area contributed by atoms with Crippen LogP contribution in [-0.4, -0.2) is 12.5 Å². The zero-order valence-electron chi connectivity index (χ0n) is 10.7. The van der Waals surface area contributed by atoms with Crippen LogP contribution in [0.15, 0.2) is 23.2 Å². The molecule has 0 bridgehead atoms. The number of hydrogen-bond acceptors (Lipinski definition) is 3. The molecule has 1 heterocycles. The third-order valence-electron chi connectivity index (χ3n) is 2.90. The van der Waals surface area contributed by atoms with Gasteiger partial charge in [-0.3, -0.25) is 10.4 Å². The Morgan fingerprint density at radius 2 is 2.22 bits per heavy atom. The van der Waals surface area contributed by atoms with Crippen molar-refractivity contribution >= 4 is 11.6 Å². The van der Waals surface area contributed by atoms with Gasteiger partial charge in [0.15, 0.2) is 0 Å². The highest BCUT2D eigenvalue weighted by molar-refractivity contribution is 5.93. The fraction of sp³-hybridized carbons (Fsp3) is 0.462. The van der Waals surface area contributed by atoms with Crippen LogP contribution in [-0.2, 0) is 18.0 Å². The first-order valence-corrected chi connectivity index (χ1v) is 6.31. The number of unbranched alkanes of at least 4 members (excludes halogenated alkanes) is 1. The van der Waals surface area contributed by atoms with Gasteiger partial charge in [-0.2, -0.15) is 0 Å². The summed E-state index contributed by atoms with van der Waals surface area (Å²) in [7, 11) is 0. The lowest BCUT2D eigenvalue weighted by Crippen LogP contribution is -2.36. The van der Waals surface area contributed by atoms with Crippen LogP contribution in [0.25, 0.3) is 0 Å². The lowest BCUT2D eigenvalue weighted by molar-refractivity contribution is 0.134. The van der Waals surface area contributed by atoms with Gasteiger partial charge in [0.05, 0.1) is 13.2 Å². The van der Waals surface area contributed by atoms with E-state index in [1.807, 2.05) is 6.07 Å². The van der Waals surface area contributed by atoms with E-state index in [0.717, 1.165) is 25.1 Å². The highest BCUT2D eigenvalue weighted by atomic mass is 16.5. The van der Waals surface area contributed by atoms with Crippen molar-refractivity contribution in [1.29, 1.82) is 0 Å². The number of aliphatic imine (C=N–C) groups is 1. The molecular formula is C13H20N4O. The van der Waals surface area contributed by atoms with Crippen LogP contribution in [0.4, 0.5) is 5.69 Å². The number of hydrogen-bond donors (Lipinski definition) is 3. The topological polar surface area (TPSA) is 71.7 Å². The van der Waals surface area contributed by atoms with Gasteiger partial charge in [0.25, 0.3) is 0 Å². The van der Waals surface area contributed by atoms with E-state index in [1.54, 1.807) is 0 Å². The number of nitrogens with one attached hydrogen (secondary N) is 2. The lowest BCUT2D eigenvalue weighted by Gasteiger charge is -2.10. The normalized spacial score (nSPS) is 14.4. The third-order valence-corrected chi connectivity index (χ3v) is 2.90. The van der Waals surface area contributed by atoms with E-state index in [2.05, 4.69) is 34.8 Å². The molecule has 5 nitrogen and oxygen atoms in total. The molecule has 0 unspecified atom stereocenters. The van der Waals surface area contributed by atoms with Crippen molar-refractivity contribution in [3.8, 4) is 0 Å². The van der Waals surface area contributed by atoms with Crippen LogP contribution >= 0.6 is 0 Å². The maximum atomic E-state index is 5.45. The molecule has 0 fully saturated rings. The standard InChI is InChI=1S/C13H20N4O/c1-2-3-6-15-13(17-14)16-12-5-4-10-8-18-9-11(10)7-12/h4-5,7H,2-3,6,8-9,14H2,1H3,(H2,15,16,17). The van der Waals surface area contributed by atoms with Gasteiger partial charge >= 0.3 is 0 Å². The molecule has 18 heavy (non-hydrogen) atoms. The number of anilines is 1. The van der Waals surface area contributed by atoms with Gasteiger partial charge in [-0.15, -0.1) is 0 Å². The average molecular weight is 248 g/mol. The van der Waals surface area contributed by atoms with Crippen molar-refractivity contribution in [2.24, 2.45) is 10.8 Å². The van der Waals surface area contributed by atoms with E-state index in [9.17, 15) is 0 Å². The van der Waals surface area contributed by atoms with Gasteiger partial charge in [-0.05, 0) is 29.7 Å². The molecule has 0 saturated carbocycles. The molecule has 1 aliphatic rings. The van der Waals surface area contributed by atoms with E-state index in [4.69, 9.17) is 10.6 Å². The Labute approximate surface area is 107 Å². The Balaban J connectivity index is 2.01. The first-order chi connectivity index (χ1) is 8.83. The zero-order valence-corrected chi connectivity index (χ0v) is 10.7. The first-order valence-electron chi connectivity index (χ1n) is 6.31. The molecule has 2 rings (SSSR count). The molecule has 4 N–H and O–H groups in total. The fourth-order valence-corrected chi connectivity index (χ4v) is 1.86. The van der Waals surface area contributed by atoms with Crippen molar-refractivity contribution in [2.75, 3.05) is 11.9 Å². The van der Waals surface area contributed by atoms with Gasteiger partial charge in [0, 0.05) is 12.2 Å². The maximum Gasteiger partial charge on any atom is 0.210 e. The third kappa shape index (κ3) is 3.21. The molecule has 0 amide bonds. The minimum absolute atomic E-state index is 0.599. The lowest BCUT2D eigenvalue weighted by atomic mass is 10.1. The van der Waals surface area contributed by atoms with Crippen molar-refractivity contribution < 1.29 is 4.74 Å². The predicted octanol–water partition coefficient (Wildman–Crippen LogP) is 1.75. The van der Waals surface area contributed by atoms with Crippen LogP contribution in [0.1, 0.15) is 30.9 Å². The average Bonchev–Trinajstić information content (AvgIpc) is 2.85. The molecule has 1 aromatic rings. The van der Waals surface area contributed by atoms with Crippen molar-refractivity contribution in [1.82, 2.24) is 5.43 Å². The molecule has 0 aliphatic carbocycles. The van der Waals surface area contributed by atoms with Crippen LogP contribution in [0.2, 0.25) is 0 Å². The summed E-state index contributed by atoms with van der Waals surface area (Å²) < 4.78 is 5.38. The summed E-state index contributed by atoms with van der Waals surface area (Å²) in [5, 5.41) is 3.18. The highest BCUT2D eigenvalue weighted by Gasteiger charge is 2.11. The molecule has 0 atom stereocenters. The fourth-order valence-electron chi connectivity index (χ4n) is 1.86. The van der Waals surface area contributed by atoms with Gasteiger partial charge in [0.2, 0.25) is 5.96 Å². The minimum atomic E-state index is 0.599. The number of rotatable bonds is 4. The second-order valence-corrected chi connectivity index (χ2v) is 4.33. The summed E-state index contributed by atoms with van der Waals surface area (Å²) in [6.07, 6.45) is 2.18. The van der Waals surface area contributed by atoms with E-state index < -0.39 is 0 Å². The quantitative estimate of drug-likeness (QED) is 0.249. The number of hydrazine groups is 1. The number of nitrogens with two attached hydrogens (primary N) is 1. The Bertz CT molecular complexity index is 431. The molecule has 98 valence electrons. The summed E-state index contributed by atoms with van der Waals surface area (Å²) in [6, 6.07) is 6.17. The summed E-state index contributed by atoms with van der Waals surface area (Å²) >= 11 is 0. The van der Waals surface area contributed by atoms with Crippen molar-refractivity contribution in [3.63, 3.8) is 0 Å². The van der Waals surface area contributed by atoms with E-state index in [0.29, 0.717) is 19.2 Å². The largest absolute Gasteiger partial charge is 0.372 e. The van der Waals surface area contributed by atoms with E-state index in [-0.39, 0.29) is 0 Å². The molecular weight excluding hydrogens is 228 g/mol. The summed E-state index contributed by atoms with van der Waals surface area (Å²) in [4.78, 5) is 4.36. The van der Waals surface area contributed by atoms with Crippen LogP contribution in [0.5, 0.6) is 0 Å². The van der Waals surface area contributed by atoms with Gasteiger partial charge in [0.1, 0.15) is 0 Å². The Morgan fingerprint density at radius 1 is 1.39 bits per heavy atom. The zero-order chi connectivity index (χ0) is 12.8. The maximum absolute atomic E-state index is 5.45. The summed E-state index contributed by atoms with van der Waals surface area (Å²) in [5.74, 6) is 6.05. The van der Waals surface area contributed by atoms with Crippen LogP contribution < -0.4 is 16.6 Å². The molecule has 1 aromatic carbocycles. The minimum Gasteiger partial charge on any atom is -0.372 e. The summed E-state index contributed by atoms with van der Waals surface area (Å²) in [5.41, 5.74) is 6.05. The van der Waals surface area contributed by atoms with Crippen LogP contribution in [0, 0.1) is 0 Å².